The second-order valence-corrected chi connectivity index (χ2v) is 4.35. The zero-order chi connectivity index (χ0) is 15.7. The van der Waals surface area contributed by atoms with E-state index in [2.05, 4.69) is 18.8 Å². The lowest BCUT2D eigenvalue weighted by Gasteiger charge is -2.15. The average Bonchev–Trinajstić information content (AvgIpc) is 2.48. The third-order valence-corrected chi connectivity index (χ3v) is 2.82. The molecule has 1 aromatic carbocycles. The van der Waals surface area contributed by atoms with Crippen LogP contribution in [-0.2, 0) is 6.42 Å². The Kier molecular flexibility index (Phi) is 6.71. The van der Waals surface area contributed by atoms with Crippen LogP contribution in [0.5, 0.6) is 11.5 Å². The molecular formula is C17H18O4. The highest BCUT2D eigenvalue weighted by Gasteiger charge is 2.16. The van der Waals surface area contributed by atoms with Crippen molar-refractivity contribution in [2.45, 2.75) is 26.2 Å². The summed E-state index contributed by atoms with van der Waals surface area (Å²) in [5, 5.41) is 9.16. The number of carboxylic acid groups (broad SMARTS) is 1. The van der Waals surface area contributed by atoms with Crippen LogP contribution in [0.25, 0.3) is 0 Å². The van der Waals surface area contributed by atoms with Gasteiger partial charge in [-0.15, -0.1) is 12.8 Å². The van der Waals surface area contributed by atoms with Gasteiger partial charge in [0.25, 0.3) is 0 Å². The van der Waals surface area contributed by atoms with Gasteiger partial charge in [0.15, 0.2) is 0 Å². The second kappa shape index (κ2) is 8.55. The molecule has 0 saturated carbocycles. The van der Waals surface area contributed by atoms with Crippen molar-refractivity contribution >= 4 is 5.97 Å². The van der Waals surface area contributed by atoms with Gasteiger partial charge in [-0.3, -0.25) is 0 Å². The van der Waals surface area contributed by atoms with Gasteiger partial charge in [0, 0.05) is 5.56 Å². The van der Waals surface area contributed by atoms with Gasteiger partial charge in [-0.05, 0) is 25.0 Å². The Morgan fingerprint density at radius 1 is 1.19 bits per heavy atom. The van der Waals surface area contributed by atoms with E-state index in [0.29, 0.717) is 17.9 Å². The number of ether oxygens (including phenoxy) is 2. The first-order chi connectivity index (χ1) is 10.1. The molecule has 0 amide bonds. The van der Waals surface area contributed by atoms with E-state index in [-0.39, 0.29) is 18.8 Å². The van der Waals surface area contributed by atoms with Gasteiger partial charge in [-0.1, -0.05) is 25.2 Å². The summed E-state index contributed by atoms with van der Waals surface area (Å²) >= 11 is 0. The molecule has 21 heavy (non-hydrogen) atoms. The number of rotatable bonds is 8. The maximum absolute atomic E-state index is 11.2. The summed E-state index contributed by atoms with van der Waals surface area (Å²) in [6.07, 6.45) is 13.0. The van der Waals surface area contributed by atoms with Crippen molar-refractivity contribution in [3.05, 3.63) is 23.3 Å². The fraction of sp³-hybridized carbons (Fsp3) is 0.353. The predicted octanol–water partition coefficient (Wildman–Crippen LogP) is 2.75. The van der Waals surface area contributed by atoms with E-state index in [1.54, 1.807) is 0 Å². The third kappa shape index (κ3) is 4.78. The van der Waals surface area contributed by atoms with Crippen molar-refractivity contribution in [1.29, 1.82) is 0 Å². The standard InChI is InChI=1S/C17H18O4/c1-4-7-8-14-15(20-9-5-2)11-13(17(18)19)12-16(14)21-10-6-3/h2-3,11-12H,4,7-10H2,1H3,(H,18,19). The van der Waals surface area contributed by atoms with Gasteiger partial charge in [-0.2, -0.15) is 0 Å². The van der Waals surface area contributed by atoms with Crippen LogP contribution in [0.15, 0.2) is 12.1 Å². The molecule has 0 bridgehead atoms. The summed E-state index contributed by atoms with van der Waals surface area (Å²) in [5.74, 6) is 4.55. The molecule has 0 fully saturated rings. The van der Waals surface area contributed by atoms with E-state index >= 15 is 0 Å². The number of aromatic carboxylic acids is 1. The van der Waals surface area contributed by atoms with Crippen LogP contribution in [0.2, 0.25) is 0 Å². The highest BCUT2D eigenvalue weighted by Crippen LogP contribution is 2.32. The zero-order valence-corrected chi connectivity index (χ0v) is 12.0. The van der Waals surface area contributed by atoms with E-state index in [1.807, 2.05) is 0 Å². The molecule has 0 radical (unpaired) electrons. The summed E-state index contributed by atoms with van der Waals surface area (Å²) < 4.78 is 10.9. The lowest BCUT2D eigenvalue weighted by atomic mass is 10.0. The van der Waals surface area contributed by atoms with E-state index in [4.69, 9.17) is 27.4 Å². The number of terminal acetylenes is 2. The maximum atomic E-state index is 11.2. The topological polar surface area (TPSA) is 55.8 Å². The first-order valence-corrected chi connectivity index (χ1v) is 6.66. The van der Waals surface area contributed by atoms with Gasteiger partial charge in [0.2, 0.25) is 0 Å². The quantitative estimate of drug-likeness (QED) is 0.747. The first kappa shape index (κ1) is 16.5. The van der Waals surface area contributed by atoms with Gasteiger partial charge >= 0.3 is 5.97 Å². The summed E-state index contributed by atoms with van der Waals surface area (Å²) in [6.45, 7) is 2.20. The smallest absolute Gasteiger partial charge is 0.335 e. The van der Waals surface area contributed by atoms with Crippen LogP contribution < -0.4 is 9.47 Å². The van der Waals surface area contributed by atoms with Crippen LogP contribution in [0.4, 0.5) is 0 Å². The van der Waals surface area contributed by atoms with E-state index in [0.717, 1.165) is 18.4 Å². The van der Waals surface area contributed by atoms with Crippen LogP contribution >= 0.6 is 0 Å². The molecule has 0 unspecified atom stereocenters. The molecule has 0 heterocycles. The number of hydrogen-bond donors (Lipinski definition) is 1. The molecule has 0 atom stereocenters. The zero-order valence-electron chi connectivity index (χ0n) is 12.0. The number of carbonyl (C=O) groups is 1. The number of unbranched alkanes of at least 4 members (excludes halogenated alkanes) is 1. The highest BCUT2D eigenvalue weighted by atomic mass is 16.5. The van der Waals surface area contributed by atoms with Crippen LogP contribution in [0, 0.1) is 24.7 Å². The van der Waals surface area contributed by atoms with Crippen molar-refractivity contribution in [2.75, 3.05) is 13.2 Å². The summed E-state index contributed by atoms with van der Waals surface area (Å²) in [4.78, 5) is 11.2. The fourth-order valence-electron chi connectivity index (χ4n) is 1.84. The number of carboxylic acids is 1. The second-order valence-electron chi connectivity index (χ2n) is 4.35. The van der Waals surface area contributed by atoms with Crippen molar-refractivity contribution < 1.29 is 19.4 Å². The normalized spacial score (nSPS) is 9.48. The number of benzene rings is 1. The van der Waals surface area contributed by atoms with E-state index in [1.165, 1.54) is 12.1 Å². The molecule has 0 aromatic heterocycles. The van der Waals surface area contributed by atoms with Crippen molar-refractivity contribution in [3.8, 4) is 36.2 Å². The molecular weight excluding hydrogens is 268 g/mol. The minimum absolute atomic E-state index is 0.0662. The van der Waals surface area contributed by atoms with Gasteiger partial charge in [-0.25, -0.2) is 4.79 Å². The lowest BCUT2D eigenvalue weighted by molar-refractivity contribution is 0.0696. The molecule has 4 nitrogen and oxygen atoms in total. The Bertz CT molecular complexity index is 536. The summed E-state index contributed by atoms with van der Waals surface area (Å²) in [7, 11) is 0. The first-order valence-electron chi connectivity index (χ1n) is 6.66. The van der Waals surface area contributed by atoms with Crippen molar-refractivity contribution in [2.24, 2.45) is 0 Å². The van der Waals surface area contributed by atoms with E-state index < -0.39 is 5.97 Å². The molecule has 1 aromatic rings. The minimum atomic E-state index is -1.06. The summed E-state index contributed by atoms with van der Waals surface area (Å²) in [5.41, 5.74) is 0.877. The largest absolute Gasteiger partial charge is 0.481 e. The Morgan fingerprint density at radius 3 is 2.10 bits per heavy atom. The van der Waals surface area contributed by atoms with Crippen LogP contribution in [0.1, 0.15) is 35.7 Å². The predicted molar refractivity (Wildman–Crippen MR) is 80.7 cm³/mol. The third-order valence-electron chi connectivity index (χ3n) is 2.82. The molecule has 1 rings (SSSR count). The average molecular weight is 286 g/mol. The molecule has 0 spiro atoms. The van der Waals surface area contributed by atoms with Crippen LogP contribution in [0.3, 0.4) is 0 Å². The molecule has 0 aliphatic carbocycles. The van der Waals surface area contributed by atoms with Gasteiger partial charge in [0.05, 0.1) is 5.56 Å². The Balaban J connectivity index is 3.26. The van der Waals surface area contributed by atoms with Crippen molar-refractivity contribution in [1.82, 2.24) is 0 Å². The SMILES string of the molecule is C#CCOc1cc(C(=O)O)cc(OCC#C)c1CCCC. The molecule has 0 saturated heterocycles. The Hall–Kier alpha value is -2.59. The molecule has 1 N–H and O–H groups in total. The fourth-order valence-corrected chi connectivity index (χ4v) is 1.84. The molecule has 0 aliphatic heterocycles. The van der Waals surface area contributed by atoms with Crippen LogP contribution in [-0.4, -0.2) is 24.3 Å². The lowest BCUT2D eigenvalue weighted by Crippen LogP contribution is -2.06. The van der Waals surface area contributed by atoms with Crippen molar-refractivity contribution in [3.63, 3.8) is 0 Å². The van der Waals surface area contributed by atoms with Gasteiger partial charge < -0.3 is 14.6 Å². The number of hydrogen-bond acceptors (Lipinski definition) is 3. The highest BCUT2D eigenvalue weighted by molar-refractivity contribution is 5.89. The molecule has 4 heteroatoms. The maximum Gasteiger partial charge on any atom is 0.335 e. The Morgan fingerprint density at radius 2 is 1.71 bits per heavy atom. The monoisotopic (exact) mass is 286 g/mol. The van der Waals surface area contributed by atoms with E-state index in [9.17, 15) is 4.79 Å². The Labute approximate surface area is 125 Å². The van der Waals surface area contributed by atoms with Gasteiger partial charge in [0.1, 0.15) is 24.7 Å². The minimum Gasteiger partial charge on any atom is -0.481 e. The molecule has 110 valence electrons. The summed E-state index contributed by atoms with van der Waals surface area (Å²) in [6, 6.07) is 2.93. The molecule has 0 aliphatic rings.